The van der Waals surface area contributed by atoms with Crippen molar-refractivity contribution in [3.63, 3.8) is 0 Å². The molecular weight excluding hydrogens is 358 g/mol. The van der Waals surface area contributed by atoms with E-state index >= 15 is 0 Å². The second-order valence-corrected chi connectivity index (χ2v) is 8.41. The molecule has 0 unspecified atom stereocenters. The van der Waals surface area contributed by atoms with Gasteiger partial charge in [-0.15, -0.1) is 0 Å². The number of sulfonamides is 1. The third-order valence-electron chi connectivity index (χ3n) is 4.79. The molecule has 0 amide bonds. The van der Waals surface area contributed by atoms with Crippen LogP contribution in [0, 0.1) is 0 Å². The molecule has 0 spiro atoms. The average molecular weight is 379 g/mol. The quantitative estimate of drug-likeness (QED) is 0.698. The van der Waals surface area contributed by atoms with Gasteiger partial charge in [0.05, 0.1) is 4.90 Å². The van der Waals surface area contributed by atoms with Crippen LogP contribution in [0.15, 0.2) is 83.9 Å². The maximum absolute atomic E-state index is 13.1. The minimum atomic E-state index is -3.51. The van der Waals surface area contributed by atoms with E-state index in [9.17, 15) is 8.42 Å². The monoisotopic (exact) mass is 379 g/mol. The van der Waals surface area contributed by atoms with Crippen LogP contribution in [0.1, 0.15) is 0 Å². The summed E-state index contributed by atoms with van der Waals surface area (Å²) in [4.78, 5) is 6.81. The molecule has 3 aromatic rings. The molecule has 4 rings (SSSR count). The highest BCUT2D eigenvalue weighted by molar-refractivity contribution is 7.89. The Balaban J connectivity index is 1.53. The Bertz CT molecular complexity index is 1000. The highest BCUT2D eigenvalue weighted by atomic mass is 32.2. The van der Waals surface area contributed by atoms with E-state index in [1.807, 2.05) is 54.6 Å². The summed E-state index contributed by atoms with van der Waals surface area (Å²) in [6.45, 7) is 2.17. The van der Waals surface area contributed by atoms with Crippen LogP contribution in [0.2, 0.25) is 0 Å². The highest BCUT2D eigenvalue weighted by Crippen LogP contribution is 2.25. The minimum Gasteiger partial charge on any atom is -0.354 e. The molecule has 27 heavy (non-hydrogen) atoms. The van der Waals surface area contributed by atoms with E-state index in [4.69, 9.17) is 0 Å². The van der Waals surface area contributed by atoms with Crippen molar-refractivity contribution in [2.45, 2.75) is 4.90 Å². The molecule has 0 N–H and O–H groups in total. The van der Waals surface area contributed by atoms with Gasteiger partial charge >= 0.3 is 0 Å². The van der Waals surface area contributed by atoms with Crippen LogP contribution in [-0.4, -0.2) is 43.9 Å². The van der Waals surface area contributed by atoms with Gasteiger partial charge in [-0.05, 0) is 35.4 Å². The lowest BCUT2D eigenvalue weighted by Gasteiger charge is -2.34. The van der Waals surface area contributed by atoms with Crippen LogP contribution >= 0.6 is 0 Å². The van der Waals surface area contributed by atoms with E-state index in [-0.39, 0.29) is 0 Å². The molecule has 0 radical (unpaired) electrons. The molecule has 138 valence electrons. The van der Waals surface area contributed by atoms with Crippen LogP contribution in [0.5, 0.6) is 0 Å². The topological polar surface area (TPSA) is 53.5 Å². The molecule has 0 saturated carbocycles. The number of hydrogen-bond donors (Lipinski definition) is 0. The summed E-state index contributed by atoms with van der Waals surface area (Å²) in [6.07, 6.45) is 1.76. The van der Waals surface area contributed by atoms with Gasteiger partial charge in [0.2, 0.25) is 10.0 Å². The van der Waals surface area contributed by atoms with Gasteiger partial charge in [-0.3, -0.25) is 0 Å². The molecule has 6 heteroatoms. The molecule has 1 aliphatic rings. The van der Waals surface area contributed by atoms with Crippen LogP contribution in [0.25, 0.3) is 11.1 Å². The van der Waals surface area contributed by atoms with Crippen molar-refractivity contribution in [2.75, 3.05) is 31.1 Å². The molecule has 0 aliphatic carbocycles. The summed E-state index contributed by atoms with van der Waals surface area (Å²) in [5, 5.41) is 0. The molecule has 2 aromatic carbocycles. The van der Waals surface area contributed by atoms with E-state index in [1.165, 1.54) is 0 Å². The van der Waals surface area contributed by atoms with Crippen LogP contribution < -0.4 is 4.90 Å². The molecule has 1 fully saturated rings. The standard InChI is InChI=1S/C21H21N3O2S/c25-27(26,20-10-6-9-19(17-20)18-7-2-1-3-8-18)24-15-13-23(14-16-24)21-11-4-5-12-22-21/h1-12,17H,13-16H2. The number of aromatic nitrogens is 1. The van der Waals surface area contributed by atoms with Gasteiger partial charge in [-0.25, -0.2) is 13.4 Å². The van der Waals surface area contributed by atoms with Crippen LogP contribution in [0.3, 0.4) is 0 Å². The molecule has 5 nitrogen and oxygen atoms in total. The predicted octanol–water partition coefficient (Wildman–Crippen LogP) is 3.26. The largest absolute Gasteiger partial charge is 0.354 e. The number of pyridine rings is 1. The first-order chi connectivity index (χ1) is 13.1. The lowest BCUT2D eigenvalue weighted by Crippen LogP contribution is -2.48. The first-order valence-corrected chi connectivity index (χ1v) is 10.4. The average Bonchev–Trinajstić information content (AvgIpc) is 2.75. The molecule has 2 heterocycles. The minimum absolute atomic E-state index is 0.343. The molecular formula is C21H21N3O2S. The van der Waals surface area contributed by atoms with E-state index in [1.54, 1.807) is 28.7 Å². The highest BCUT2D eigenvalue weighted by Gasteiger charge is 2.29. The molecule has 0 bridgehead atoms. The van der Waals surface area contributed by atoms with Gasteiger partial charge in [0, 0.05) is 32.4 Å². The fraction of sp³-hybridized carbons (Fsp3) is 0.190. The normalized spacial score (nSPS) is 15.6. The molecule has 1 aliphatic heterocycles. The van der Waals surface area contributed by atoms with Crippen molar-refractivity contribution in [3.8, 4) is 11.1 Å². The predicted molar refractivity (Wildman–Crippen MR) is 107 cm³/mol. The second-order valence-electron chi connectivity index (χ2n) is 6.47. The first-order valence-electron chi connectivity index (χ1n) is 8.96. The van der Waals surface area contributed by atoms with E-state index in [0.29, 0.717) is 31.1 Å². The number of anilines is 1. The third-order valence-corrected chi connectivity index (χ3v) is 6.69. The van der Waals surface area contributed by atoms with E-state index in [2.05, 4.69) is 9.88 Å². The van der Waals surface area contributed by atoms with Gasteiger partial charge in [0.1, 0.15) is 5.82 Å². The number of benzene rings is 2. The van der Waals surface area contributed by atoms with Gasteiger partial charge in [0.25, 0.3) is 0 Å². The van der Waals surface area contributed by atoms with E-state index < -0.39 is 10.0 Å². The zero-order valence-electron chi connectivity index (χ0n) is 14.9. The summed E-state index contributed by atoms with van der Waals surface area (Å²) < 4.78 is 27.8. The Morgan fingerprint density at radius 3 is 2.15 bits per heavy atom. The summed E-state index contributed by atoms with van der Waals surface area (Å²) in [7, 11) is -3.51. The molecule has 1 aromatic heterocycles. The number of hydrogen-bond acceptors (Lipinski definition) is 4. The number of nitrogens with zero attached hydrogens (tertiary/aromatic N) is 3. The van der Waals surface area contributed by atoms with E-state index in [0.717, 1.165) is 16.9 Å². The van der Waals surface area contributed by atoms with Gasteiger partial charge < -0.3 is 4.90 Å². The molecule has 1 saturated heterocycles. The zero-order valence-corrected chi connectivity index (χ0v) is 15.7. The van der Waals surface area contributed by atoms with Crippen molar-refractivity contribution < 1.29 is 8.42 Å². The fourth-order valence-corrected chi connectivity index (χ4v) is 4.78. The van der Waals surface area contributed by atoms with Gasteiger partial charge in [-0.2, -0.15) is 4.31 Å². The zero-order chi connectivity index (χ0) is 18.7. The van der Waals surface area contributed by atoms with Gasteiger partial charge in [0.15, 0.2) is 0 Å². The summed E-state index contributed by atoms with van der Waals surface area (Å²) in [6, 6.07) is 22.8. The summed E-state index contributed by atoms with van der Waals surface area (Å²) in [5.41, 5.74) is 1.92. The number of rotatable bonds is 4. The third kappa shape index (κ3) is 3.72. The van der Waals surface area contributed by atoms with Crippen molar-refractivity contribution in [2.24, 2.45) is 0 Å². The van der Waals surface area contributed by atoms with Crippen molar-refractivity contribution in [1.29, 1.82) is 0 Å². The summed E-state index contributed by atoms with van der Waals surface area (Å²) >= 11 is 0. The second kappa shape index (κ2) is 7.50. The Morgan fingerprint density at radius 2 is 1.44 bits per heavy atom. The first kappa shape index (κ1) is 17.7. The lowest BCUT2D eigenvalue weighted by molar-refractivity contribution is 0.384. The summed E-state index contributed by atoms with van der Waals surface area (Å²) in [5.74, 6) is 0.889. The van der Waals surface area contributed by atoms with Crippen LogP contribution in [0.4, 0.5) is 5.82 Å². The van der Waals surface area contributed by atoms with Gasteiger partial charge in [-0.1, -0.05) is 48.5 Å². The lowest BCUT2D eigenvalue weighted by atomic mass is 10.1. The Labute approximate surface area is 159 Å². The Morgan fingerprint density at radius 1 is 0.741 bits per heavy atom. The molecule has 0 atom stereocenters. The SMILES string of the molecule is O=S(=O)(c1cccc(-c2ccccc2)c1)N1CCN(c2ccccn2)CC1. The van der Waals surface area contributed by atoms with Crippen LogP contribution in [-0.2, 0) is 10.0 Å². The van der Waals surface area contributed by atoms with Crippen molar-refractivity contribution in [1.82, 2.24) is 9.29 Å². The van der Waals surface area contributed by atoms with Crippen molar-refractivity contribution >= 4 is 15.8 Å². The Hall–Kier alpha value is -2.70. The number of piperazine rings is 1. The Kier molecular flexibility index (Phi) is 4.92. The fourth-order valence-electron chi connectivity index (χ4n) is 3.31. The maximum Gasteiger partial charge on any atom is 0.243 e. The van der Waals surface area contributed by atoms with Crippen molar-refractivity contribution in [3.05, 3.63) is 79.0 Å². The smallest absolute Gasteiger partial charge is 0.243 e. The maximum atomic E-state index is 13.1.